The highest BCUT2D eigenvalue weighted by atomic mass is 32.1. The van der Waals surface area contributed by atoms with Crippen LogP contribution in [0, 0.1) is 13.8 Å². The van der Waals surface area contributed by atoms with Crippen LogP contribution in [0.3, 0.4) is 0 Å². The molecular weight excluding hydrogens is 368 g/mol. The van der Waals surface area contributed by atoms with Crippen molar-refractivity contribution in [1.82, 2.24) is 4.57 Å². The molecule has 1 amide bonds. The molecule has 3 aromatic rings. The van der Waals surface area contributed by atoms with Crippen LogP contribution in [0.25, 0.3) is 16.3 Å². The van der Waals surface area contributed by atoms with Crippen molar-refractivity contribution in [2.45, 2.75) is 20.4 Å². The van der Waals surface area contributed by atoms with Gasteiger partial charge >= 0.3 is 5.97 Å². The molecule has 0 saturated carbocycles. The van der Waals surface area contributed by atoms with Crippen LogP contribution in [0.4, 0.5) is 0 Å². The van der Waals surface area contributed by atoms with Gasteiger partial charge in [0.2, 0.25) is 0 Å². The zero-order valence-corrected chi connectivity index (χ0v) is 16.3. The third kappa shape index (κ3) is 4.00. The lowest BCUT2D eigenvalue weighted by atomic mass is 10.1. The molecule has 0 aliphatic rings. The van der Waals surface area contributed by atoms with Crippen LogP contribution in [0.15, 0.2) is 40.7 Å². The highest BCUT2D eigenvalue weighted by Gasteiger charge is 2.13. The minimum absolute atomic E-state index is 0.0140. The van der Waals surface area contributed by atoms with E-state index in [1.54, 1.807) is 22.0 Å². The molecular formula is C19H18N2O3S2. The summed E-state index contributed by atoms with van der Waals surface area (Å²) in [4.78, 5) is 29.8. The number of hydrogen-bond donors (Lipinski definition) is 0. The van der Waals surface area contributed by atoms with Crippen molar-refractivity contribution in [3.63, 3.8) is 0 Å². The Morgan fingerprint density at radius 3 is 2.81 bits per heavy atom. The molecule has 0 saturated heterocycles. The SMILES string of the molecule is COC(=O)Cn1c(=NC(=O)/C=C/c2cccs2)sc2c(C)cc(C)cc21. The number of aromatic nitrogens is 1. The zero-order chi connectivity index (χ0) is 18.7. The van der Waals surface area contributed by atoms with Gasteiger partial charge < -0.3 is 9.30 Å². The second kappa shape index (κ2) is 7.80. The van der Waals surface area contributed by atoms with Gasteiger partial charge in [0.25, 0.3) is 5.91 Å². The first-order chi connectivity index (χ1) is 12.5. The summed E-state index contributed by atoms with van der Waals surface area (Å²) in [5.74, 6) is -0.746. The fraction of sp³-hybridized carbons (Fsp3) is 0.211. The largest absolute Gasteiger partial charge is 0.468 e. The third-order valence-electron chi connectivity index (χ3n) is 3.77. The summed E-state index contributed by atoms with van der Waals surface area (Å²) in [6.45, 7) is 4.02. The highest BCUT2D eigenvalue weighted by molar-refractivity contribution is 7.16. The number of fused-ring (bicyclic) bond motifs is 1. The minimum atomic E-state index is -0.383. The van der Waals surface area contributed by atoms with Crippen LogP contribution in [-0.4, -0.2) is 23.6 Å². The summed E-state index contributed by atoms with van der Waals surface area (Å²) >= 11 is 2.95. The normalized spacial score (nSPS) is 12.2. The number of ether oxygens (including phenoxy) is 1. The van der Waals surface area contributed by atoms with Crippen LogP contribution < -0.4 is 4.80 Å². The number of nitrogens with zero attached hydrogens (tertiary/aromatic N) is 2. The quantitative estimate of drug-likeness (QED) is 0.507. The first kappa shape index (κ1) is 18.3. The van der Waals surface area contributed by atoms with Gasteiger partial charge in [0.05, 0.1) is 17.3 Å². The van der Waals surface area contributed by atoms with E-state index in [1.165, 1.54) is 24.5 Å². The van der Waals surface area contributed by atoms with E-state index in [0.717, 1.165) is 26.2 Å². The molecule has 26 heavy (non-hydrogen) atoms. The molecule has 7 heteroatoms. The van der Waals surface area contributed by atoms with Gasteiger partial charge in [0.1, 0.15) is 6.54 Å². The second-order valence-corrected chi connectivity index (χ2v) is 7.73. The van der Waals surface area contributed by atoms with E-state index in [4.69, 9.17) is 4.74 Å². The van der Waals surface area contributed by atoms with Gasteiger partial charge in [-0.2, -0.15) is 4.99 Å². The predicted molar refractivity (Wildman–Crippen MR) is 105 cm³/mol. The van der Waals surface area contributed by atoms with Crippen LogP contribution in [0.1, 0.15) is 16.0 Å². The van der Waals surface area contributed by atoms with E-state index < -0.39 is 0 Å². The monoisotopic (exact) mass is 386 g/mol. The molecule has 0 aliphatic heterocycles. The fourth-order valence-corrected chi connectivity index (χ4v) is 4.32. The third-order valence-corrected chi connectivity index (χ3v) is 5.84. The standard InChI is InChI=1S/C19H18N2O3S2/c1-12-9-13(2)18-15(10-12)21(11-17(23)24-3)19(26-18)20-16(22)7-6-14-5-4-8-25-14/h4-10H,11H2,1-3H3/b7-6+,20-19?. The number of benzene rings is 1. The Morgan fingerprint density at radius 1 is 1.31 bits per heavy atom. The van der Waals surface area contributed by atoms with Gasteiger partial charge in [-0.25, -0.2) is 0 Å². The topological polar surface area (TPSA) is 60.7 Å². The van der Waals surface area contributed by atoms with Gasteiger partial charge in [0, 0.05) is 11.0 Å². The molecule has 0 unspecified atom stereocenters. The maximum atomic E-state index is 12.3. The number of hydrogen-bond acceptors (Lipinski definition) is 5. The first-order valence-electron chi connectivity index (χ1n) is 7.95. The zero-order valence-electron chi connectivity index (χ0n) is 14.7. The number of aryl methyl sites for hydroxylation is 2. The first-order valence-corrected chi connectivity index (χ1v) is 9.65. The van der Waals surface area contributed by atoms with Crippen LogP contribution in [0.5, 0.6) is 0 Å². The molecule has 0 fully saturated rings. The molecule has 0 atom stereocenters. The van der Waals surface area contributed by atoms with Crippen molar-refractivity contribution in [3.05, 3.63) is 56.5 Å². The van der Waals surface area contributed by atoms with E-state index in [2.05, 4.69) is 11.1 Å². The van der Waals surface area contributed by atoms with E-state index in [9.17, 15) is 9.59 Å². The highest BCUT2D eigenvalue weighted by Crippen LogP contribution is 2.23. The molecule has 3 rings (SSSR count). The van der Waals surface area contributed by atoms with Crippen molar-refractivity contribution in [2.75, 3.05) is 7.11 Å². The van der Waals surface area contributed by atoms with Crippen LogP contribution in [0.2, 0.25) is 0 Å². The lowest BCUT2D eigenvalue weighted by Crippen LogP contribution is -2.22. The Kier molecular flexibility index (Phi) is 5.49. The van der Waals surface area contributed by atoms with Crippen LogP contribution >= 0.6 is 22.7 Å². The Balaban J connectivity index is 2.08. The number of rotatable bonds is 4. The Hall–Kier alpha value is -2.51. The average Bonchev–Trinajstić information content (AvgIpc) is 3.22. The van der Waals surface area contributed by atoms with E-state index in [-0.39, 0.29) is 18.4 Å². The summed E-state index contributed by atoms with van der Waals surface area (Å²) in [5.41, 5.74) is 3.06. The predicted octanol–water partition coefficient (Wildman–Crippen LogP) is 3.69. The summed E-state index contributed by atoms with van der Waals surface area (Å²) in [6, 6.07) is 7.92. The molecule has 0 aliphatic carbocycles. The van der Waals surface area contributed by atoms with Gasteiger partial charge in [0.15, 0.2) is 4.80 Å². The fourth-order valence-electron chi connectivity index (χ4n) is 2.62. The molecule has 1 aromatic carbocycles. The van der Waals surface area contributed by atoms with Gasteiger partial charge in [-0.3, -0.25) is 9.59 Å². The lowest BCUT2D eigenvalue weighted by Gasteiger charge is -2.05. The van der Waals surface area contributed by atoms with Gasteiger partial charge in [-0.1, -0.05) is 23.5 Å². The molecule has 0 bridgehead atoms. The lowest BCUT2D eigenvalue weighted by molar-refractivity contribution is -0.141. The summed E-state index contributed by atoms with van der Waals surface area (Å²) < 4.78 is 7.54. The number of thiophene rings is 1. The number of carbonyl (C=O) groups is 2. The molecule has 0 N–H and O–H groups in total. The molecule has 2 heterocycles. The average molecular weight is 386 g/mol. The number of methoxy groups -OCH3 is 1. The Labute approximate surface area is 158 Å². The molecule has 0 spiro atoms. The van der Waals surface area contributed by atoms with Crippen molar-refractivity contribution in [2.24, 2.45) is 4.99 Å². The molecule has 0 radical (unpaired) electrons. The van der Waals surface area contributed by atoms with Crippen molar-refractivity contribution < 1.29 is 14.3 Å². The second-order valence-electron chi connectivity index (χ2n) is 5.78. The minimum Gasteiger partial charge on any atom is -0.468 e. The smallest absolute Gasteiger partial charge is 0.325 e. The maximum Gasteiger partial charge on any atom is 0.325 e. The number of carbonyl (C=O) groups excluding carboxylic acids is 2. The van der Waals surface area contributed by atoms with Gasteiger partial charge in [-0.05, 0) is 48.6 Å². The van der Waals surface area contributed by atoms with E-state index in [1.807, 2.05) is 37.4 Å². The summed E-state index contributed by atoms with van der Waals surface area (Å²) in [5, 5.41) is 1.95. The Bertz CT molecular complexity index is 1060. The molecule has 2 aromatic heterocycles. The number of esters is 1. The summed E-state index contributed by atoms with van der Waals surface area (Å²) in [7, 11) is 1.35. The summed E-state index contributed by atoms with van der Waals surface area (Å²) in [6.07, 6.45) is 3.18. The van der Waals surface area contributed by atoms with Gasteiger partial charge in [-0.15, -0.1) is 11.3 Å². The number of thiazole rings is 1. The van der Waals surface area contributed by atoms with E-state index >= 15 is 0 Å². The Morgan fingerprint density at radius 2 is 2.12 bits per heavy atom. The van der Waals surface area contributed by atoms with Crippen molar-refractivity contribution >= 4 is 50.8 Å². The molecule has 134 valence electrons. The maximum absolute atomic E-state index is 12.3. The van der Waals surface area contributed by atoms with Crippen molar-refractivity contribution in [1.29, 1.82) is 0 Å². The van der Waals surface area contributed by atoms with Crippen molar-refractivity contribution in [3.8, 4) is 0 Å². The molecule has 5 nitrogen and oxygen atoms in total. The van der Waals surface area contributed by atoms with E-state index in [0.29, 0.717) is 4.80 Å². The van der Waals surface area contributed by atoms with Crippen LogP contribution in [-0.2, 0) is 20.9 Å². The number of amides is 1.